The SMILES string of the molecule is COC(=O)Cc1cn(C2CC2)c2ccccc12. The molecule has 0 bridgehead atoms. The molecular formula is C14H15NO2. The highest BCUT2D eigenvalue weighted by molar-refractivity contribution is 5.88. The van der Waals surface area contributed by atoms with Crippen molar-refractivity contribution in [2.75, 3.05) is 7.11 Å². The topological polar surface area (TPSA) is 31.2 Å². The Morgan fingerprint density at radius 2 is 2.18 bits per heavy atom. The van der Waals surface area contributed by atoms with Crippen LogP contribution in [-0.2, 0) is 16.0 Å². The molecule has 0 radical (unpaired) electrons. The number of hydrogen-bond donors (Lipinski definition) is 0. The van der Waals surface area contributed by atoms with Gasteiger partial charge in [-0.15, -0.1) is 0 Å². The third-order valence-corrected chi connectivity index (χ3v) is 3.33. The first-order valence-electron chi connectivity index (χ1n) is 5.95. The number of ether oxygens (including phenoxy) is 1. The lowest BCUT2D eigenvalue weighted by Gasteiger charge is -2.00. The quantitative estimate of drug-likeness (QED) is 0.758. The van der Waals surface area contributed by atoms with E-state index < -0.39 is 0 Å². The van der Waals surface area contributed by atoms with Crippen molar-refractivity contribution < 1.29 is 9.53 Å². The van der Waals surface area contributed by atoms with Gasteiger partial charge < -0.3 is 9.30 Å². The molecular weight excluding hydrogens is 214 g/mol. The second-order valence-corrected chi connectivity index (χ2v) is 4.56. The standard InChI is InChI=1S/C14H15NO2/c1-17-14(16)8-10-9-15(11-6-7-11)13-5-3-2-4-12(10)13/h2-5,9,11H,6-8H2,1H3. The van der Waals surface area contributed by atoms with Crippen LogP contribution >= 0.6 is 0 Å². The molecule has 3 rings (SSSR count). The first-order chi connectivity index (χ1) is 8.29. The summed E-state index contributed by atoms with van der Waals surface area (Å²) in [6.07, 6.45) is 4.96. The molecule has 17 heavy (non-hydrogen) atoms. The van der Waals surface area contributed by atoms with Crippen LogP contribution < -0.4 is 0 Å². The summed E-state index contributed by atoms with van der Waals surface area (Å²) < 4.78 is 7.04. The molecule has 0 aliphatic heterocycles. The average Bonchev–Trinajstić information content (AvgIpc) is 3.14. The summed E-state index contributed by atoms with van der Waals surface area (Å²) in [7, 11) is 1.43. The zero-order valence-corrected chi connectivity index (χ0v) is 9.85. The number of aromatic nitrogens is 1. The van der Waals surface area contributed by atoms with Crippen molar-refractivity contribution in [3.63, 3.8) is 0 Å². The molecule has 0 spiro atoms. The zero-order chi connectivity index (χ0) is 11.8. The van der Waals surface area contributed by atoms with Crippen molar-refractivity contribution in [2.45, 2.75) is 25.3 Å². The van der Waals surface area contributed by atoms with Crippen LogP contribution in [0.15, 0.2) is 30.5 Å². The van der Waals surface area contributed by atoms with Gasteiger partial charge in [-0.05, 0) is 24.5 Å². The molecule has 0 saturated heterocycles. The number of nitrogens with zero attached hydrogens (tertiary/aromatic N) is 1. The van der Waals surface area contributed by atoms with E-state index in [1.807, 2.05) is 12.1 Å². The zero-order valence-electron chi connectivity index (χ0n) is 9.85. The summed E-state index contributed by atoms with van der Waals surface area (Å²) in [6, 6.07) is 8.89. The van der Waals surface area contributed by atoms with Crippen molar-refractivity contribution >= 4 is 16.9 Å². The summed E-state index contributed by atoms with van der Waals surface area (Å²) >= 11 is 0. The molecule has 1 aromatic heterocycles. The number of para-hydroxylation sites is 1. The Morgan fingerprint density at radius 1 is 1.41 bits per heavy atom. The maximum absolute atomic E-state index is 11.4. The molecule has 1 saturated carbocycles. The summed E-state index contributed by atoms with van der Waals surface area (Å²) in [5, 5.41) is 1.17. The minimum absolute atomic E-state index is 0.177. The van der Waals surface area contributed by atoms with Crippen molar-refractivity contribution in [2.24, 2.45) is 0 Å². The maximum atomic E-state index is 11.4. The van der Waals surface area contributed by atoms with Crippen LogP contribution in [0.5, 0.6) is 0 Å². The van der Waals surface area contributed by atoms with Gasteiger partial charge in [0, 0.05) is 23.1 Å². The van der Waals surface area contributed by atoms with E-state index in [0.29, 0.717) is 12.5 Å². The van der Waals surface area contributed by atoms with Gasteiger partial charge in [-0.2, -0.15) is 0 Å². The molecule has 0 atom stereocenters. The monoisotopic (exact) mass is 229 g/mol. The van der Waals surface area contributed by atoms with Crippen LogP contribution in [-0.4, -0.2) is 17.6 Å². The van der Waals surface area contributed by atoms with Crippen molar-refractivity contribution in [3.05, 3.63) is 36.0 Å². The van der Waals surface area contributed by atoms with E-state index in [4.69, 9.17) is 4.74 Å². The summed E-state index contributed by atoms with van der Waals surface area (Å²) in [4.78, 5) is 11.4. The van der Waals surface area contributed by atoms with Crippen LogP contribution in [0.3, 0.4) is 0 Å². The Kier molecular flexibility index (Phi) is 2.39. The van der Waals surface area contributed by atoms with Gasteiger partial charge in [0.25, 0.3) is 0 Å². The lowest BCUT2D eigenvalue weighted by molar-refractivity contribution is -0.139. The molecule has 1 heterocycles. The fraction of sp³-hybridized carbons (Fsp3) is 0.357. The van der Waals surface area contributed by atoms with Crippen molar-refractivity contribution in [1.82, 2.24) is 4.57 Å². The van der Waals surface area contributed by atoms with E-state index in [9.17, 15) is 4.79 Å². The Bertz CT molecular complexity index is 567. The van der Waals surface area contributed by atoms with E-state index in [0.717, 1.165) is 5.56 Å². The van der Waals surface area contributed by atoms with Crippen molar-refractivity contribution in [1.29, 1.82) is 0 Å². The minimum Gasteiger partial charge on any atom is -0.469 e. The number of carbonyl (C=O) groups is 1. The number of hydrogen-bond acceptors (Lipinski definition) is 2. The third kappa shape index (κ3) is 1.82. The average molecular weight is 229 g/mol. The van der Waals surface area contributed by atoms with Gasteiger partial charge in [-0.25, -0.2) is 0 Å². The number of fused-ring (bicyclic) bond motifs is 1. The van der Waals surface area contributed by atoms with Gasteiger partial charge in [0.1, 0.15) is 0 Å². The molecule has 2 aromatic rings. The first-order valence-corrected chi connectivity index (χ1v) is 5.95. The molecule has 1 aliphatic carbocycles. The first kappa shape index (κ1) is 10.4. The fourth-order valence-corrected chi connectivity index (χ4v) is 2.30. The third-order valence-electron chi connectivity index (χ3n) is 3.33. The normalized spacial score (nSPS) is 15.1. The van der Waals surface area contributed by atoms with E-state index in [1.165, 1.54) is 30.9 Å². The van der Waals surface area contributed by atoms with Crippen molar-refractivity contribution in [3.8, 4) is 0 Å². The Labute approximate surface area is 100.0 Å². The van der Waals surface area contributed by atoms with Crippen LogP contribution in [0.25, 0.3) is 10.9 Å². The highest BCUT2D eigenvalue weighted by Gasteiger charge is 2.25. The van der Waals surface area contributed by atoms with Crippen LogP contribution in [0.1, 0.15) is 24.4 Å². The van der Waals surface area contributed by atoms with E-state index >= 15 is 0 Å². The predicted molar refractivity (Wildman–Crippen MR) is 65.9 cm³/mol. The van der Waals surface area contributed by atoms with Crippen LogP contribution in [0.2, 0.25) is 0 Å². The minimum atomic E-state index is -0.177. The largest absolute Gasteiger partial charge is 0.469 e. The van der Waals surface area contributed by atoms with Crippen LogP contribution in [0, 0.1) is 0 Å². The smallest absolute Gasteiger partial charge is 0.310 e. The molecule has 1 aromatic carbocycles. The lowest BCUT2D eigenvalue weighted by atomic mass is 10.1. The summed E-state index contributed by atoms with van der Waals surface area (Å²) in [6.45, 7) is 0. The van der Waals surface area contributed by atoms with E-state index in [-0.39, 0.29) is 5.97 Å². The van der Waals surface area contributed by atoms with Crippen LogP contribution in [0.4, 0.5) is 0 Å². The van der Waals surface area contributed by atoms with Gasteiger partial charge in [0.2, 0.25) is 0 Å². The summed E-state index contributed by atoms with van der Waals surface area (Å²) in [5.41, 5.74) is 2.30. The molecule has 88 valence electrons. The Morgan fingerprint density at radius 3 is 2.88 bits per heavy atom. The molecule has 1 fully saturated rings. The number of benzene rings is 1. The predicted octanol–water partition coefficient (Wildman–Crippen LogP) is 2.69. The number of rotatable bonds is 3. The summed E-state index contributed by atoms with van der Waals surface area (Å²) in [5.74, 6) is -0.177. The molecule has 0 amide bonds. The van der Waals surface area contributed by atoms with Gasteiger partial charge in [-0.3, -0.25) is 4.79 Å². The Balaban J connectivity index is 2.08. The van der Waals surface area contributed by atoms with Gasteiger partial charge in [0.15, 0.2) is 0 Å². The number of esters is 1. The molecule has 0 N–H and O–H groups in total. The van der Waals surface area contributed by atoms with Gasteiger partial charge in [0.05, 0.1) is 13.5 Å². The molecule has 3 nitrogen and oxygen atoms in total. The number of methoxy groups -OCH3 is 1. The highest BCUT2D eigenvalue weighted by atomic mass is 16.5. The number of carbonyl (C=O) groups excluding carboxylic acids is 1. The maximum Gasteiger partial charge on any atom is 0.310 e. The second kappa shape index (κ2) is 3.91. The molecule has 1 aliphatic rings. The molecule has 0 unspecified atom stereocenters. The Hall–Kier alpha value is -1.77. The van der Waals surface area contributed by atoms with E-state index in [1.54, 1.807) is 0 Å². The molecule has 3 heteroatoms. The fourth-order valence-electron chi connectivity index (χ4n) is 2.30. The second-order valence-electron chi connectivity index (χ2n) is 4.56. The lowest BCUT2D eigenvalue weighted by Crippen LogP contribution is -2.03. The highest BCUT2D eigenvalue weighted by Crippen LogP contribution is 2.38. The van der Waals surface area contributed by atoms with Gasteiger partial charge in [-0.1, -0.05) is 18.2 Å². The van der Waals surface area contributed by atoms with Gasteiger partial charge >= 0.3 is 5.97 Å². The van der Waals surface area contributed by atoms with E-state index in [2.05, 4.69) is 22.9 Å².